The van der Waals surface area contributed by atoms with Gasteiger partial charge in [-0.1, -0.05) is 37.0 Å². The zero-order valence-electron chi connectivity index (χ0n) is 14.0. The summed E-state index contributed by atoms with van der Waals surface area (Å²) in [5, 5.41) is 9.11. The predicted octanol–water partition coefficient (Wildman–Crippen LogP) is 4.59. The molecular formula is C19H24N4O. The van der Waals surface area contributed by atoms with Gasteiger partial charge in [-0.15, -0.1) is 0 Å². The molecule has 0 atom stereocenters. The second kappa shape index (κ2) is 7.81. The highest BCUT2D eigenvalue weighted by Crippen LogP contribution is 2.19. The number of hydrogen-bond acceptors (Lipinski definition) is 3. The molecule has 0 unspecified atom stereocenters. The third-order valence-corrected chi connectivity index (χ3v) is 4.29. The van der Waals surface area contributed by atoms with Crippen LogP contribution in [0, 0.1) is 6.92 Å². The summed E-state index contributed by atoms with van der Waals surface area (Å²) in [6, 6.07) is 12.0. The summed E-state index contributed by atoms with van der Waals surface area (Å²) in [4.78, 5) is 16.3. The second-order valence-electron chi connectivity index (χ2n) is 6.36. The maximum absolute atomic E-state index is 12.0. The lowest BCUT2D eigenvalue weighted by Gasteiger charge is -2.22. The third kappa shape index (κ3) is 4.72. The molecule has 5 heteroatoms. The summed E-state index contributed by atoms with van der Waals surface area (Å²) in [5.41, 5.74) is 3.12. The number of urea groups is 1. The van der Waals surface area contributed by atoms with Gasteiger partial charge in [0.15, 0.2) is 0 Å². The van der Waals surface area contributed by atoms with Crippen molar-refractivity contribution in [3.63, 3.8) is 0 Å². The number of nitrogens with zero attached hydrogens (tertiary/aromatic N) is 1. The summed E-state index contributed by atoms with van der Waals surface area (Å²) in [6.45, 7) is 2.06. The Hall–Kier alpha value is -2.56. The first kappa shape index (κ1) is 16.3. The van der Waals surface area contributed by atoms with Crippen LogP contribution in [0.3, 0.4) is 0 Å². The topological polar surface area (TPSA) is 66.0 Å². The van der Waals surface area contributed by atoms with Crippen LogP contribution in [0.25, 0.3) is 0 Å². The molecule has 3 N–H and O–H groups in total. The number of hydrogen-bond donors (Lipinski definition) is 3. The highest BCUT2D eigenvalue weighted by molar-refractivity contribution is 5.88. The van der Waals surface area contributed by atoms with Gasteiger partial charge in [0.05, 0.1) is 11.9 Å². The third-order valence-electron chi connectivity index (χ3n) is 4.29. The molecule has 1 aromatic heterocycles. The van der Waals surface area contributed by atoms with Gasteiger partial charge in [0, 0.05) is 11.7 Å². The molecular weight excluding hydrogens is 300 g/mol. The maximum Gasteiger partial charge on any atom is 0.320 e. The average molecular weight is 324 g/mol. The zero-order valence-corrected chi connectivity index (χ0v) is 14.0. The standard InChI is InChI=1S/C19H24N4O/c1-14-7-9-16(10-8-14)21-17-11-12-18(20-13-17)23-19(24)22-15-5-3-2-4-6-15/h7-13,15,21H,2-6H2,1H3,(H2,20,22,23,24). The number of benzene rings is 1. The molecule has 3 rings (SSSR count). The van der Waals surface area contributed by atoms with Crippen molar-refractivity contribution >= 4 is 23.2 Å². The van der Waals surface area contributed by atoms with Gasteiger partial charge in [-0.05, 0) is 44.0 Å². The molecule has 0 aliphatic heterocycles. The Labute approximate surface area is 142 Å². The first-order chi connectivity index (χ1) is 11.7. The predicted molar refractivity (Wildman–Crippen MR) is 97.7 cm³/mol. The number of carbonyl (C=O) groups is 1. The Morgan fingerprint density at radius 3 is 2.38 bits per heavy atom. The largest absolute Gasteiger partial charge is 0.354 e. The fourth-order valence-electron chi connectivity index (χ4n) is 2.93. The van der Waals surface area contributed by atoms with Crippen LogP contribution in [0.15, 0.2) is 42.6 Å². The van der Waals surface area contributed by atoms with Crippen molar-refractivity contribution in [2.45, 2.75) is 45.1 Å². The summed E-state index contributed by atoms with van der Waals surface area (Å²) >= 11 is 0. The monoisotopic (exact) mass is 324 g/mol. The number of amides is 2. The fraction of sp³-hybridized carbons (Fsp3) is 0.368. The maximum atomic E-state index is 12.0. The molecule has 126 valence electrons. The average Bonchev–Trinajstić information content (AvgIpc) is 2.59. The minimum atomic E-state index is -0.173. The van der Waals surface area contributed by atoms with E-state index in [0.717, 1.165) is 24.2 Å². The van der Waals surface area contributed by atoms with Crippen LogP contribution in [0.1, 0.15) is 37.7 Å². The number of aryl methyl sites for hydroxylation is 1. The number of carbonyl (C=O) groups excluding carboxylic acids is 1. The molecule has 2 amide bonds. The Morgan fingerprint density at radius 1 is 1.00 bits per heavy atom. The molecule has 0 radical (unpaired) electrons. The van der Waals surface area contributed by atoms with E-state index in [-0.39, 0.29) is 6.03 Å². The SMILES string of the molecule is Cc1ccc(Nc2ccc(NC(=O)NC3CCCCC3)nc2)cc1. The molecule has 1 aromatic carbocycles. The van der Waals surface area contributed by atoms with Gasteiger partial charge >= 0.3 is 6.03 Å². The van der Waals surface area contributed by atoms with E-state index in [1.807, 2.05) is 18.2 Å². The Bertz CT molecular complexity index is 661. The van der Waals surface area contributed by atoms with Gasteiger partial charge < -0.3 is 10.6 Å². The van der Waals surface area contributed by atoms with Crippen molar-refractivity contribution < 1.29 is 4.79 Å². The number of nitrogens with one attached hydrogen (secondary N) is 3. The van der Waals surface area contributed by atoms with Crippen molar-refractivity contribution in [2.75, 3.05) is 10.6 Å². The summed E-state index contributed by atoms with van der Waals surface area (Å²) in [6.07, 6.45) is 7.53. The highest BCUT2D eigenvalue weighted by Gasteiger charge is 2.15. The molecule has 0 bridgehead atoms. The van der Waals surface area contributed by atoms with Gasteiger partial charge in [0.1, 0.15) is 5.82 Å². The first-order valence-electron chi connectivity index (χ1n) is 8.56. The van der Waals surface area contributed by atoms with Gasteiger partial charge in [-0.25, -0.2) is 9.78 Å². The quantitative estimate of drug-likeness (QED) is 0.770. The van der Waals surface area contributed by atoms with E-state index in [1.165, 1.54) is 24.8 Å². The van der Waals surface area contributed by atoms with Crippen LogP contribution in [0.4, 0.5) is 22.0 Å². The highest BCUT2D eigenvalue weighted by atomic mass is 16.2. The summed E-state index contributed by atoms with van der Waals surface area (Å²) in [7, 11) is 0. The number of aromatic nitrogens is 1. The van der Waals surface area contributed by atoms with E-state index < -0.39 is 0 Å². The van der Waals surface area contributed by atoms with E-state index in [2.05, 4.69) is 40.0 Å². The minimum absolute atomic E-state index is 0.173. The molecule has 0 saturated heterocycles. The normalized spacial score (nSPS) is 14.9. The fourth-order valence-corrected chi connectivity index (χ4v) is 2.93. The molecule has 1 heterocycles. The Kier molecular flexibility index (Phi) is 5.31. The minimum Gasteiger partial charge on any atom is -0.354 e. The van der Waals surface area contributed by atoms with Crippen molar-refractivity contribution in [1.29, 1.82) is 0 Å². The number of anilines is 3. The summed E-state index contributed by atoms with van der Waals surface area (Å²) < 4.78 is 0. The lowest BCUT2D eigenvalue weighted by molar-refractivity contribution is 0.244. The van der Waals surface area contributed by atoms with Crippen LogP contribution in [-0.4, -0.2) is 17.1 Å². The molecule has 2 aromatic rings. The lowest BCUT2D eigenvalue weighted by atomic mass is 9.96. The second-order valence-corrected chi connectivity index (χ2v) is 6.36. The molecule has 1 aliphatic rings. The van der Waals surface area contributed by atoms with Gasteiger partial charge in [-0.3, -0.25) is 5.32 Å². The Morgan fingerprint density at radius 2 is 1.71 bits per heavy atom. The molecule has 0 spiro atoms. The number of pyridine rings is 1. The van der Waals surface area contributed by atoms with E-state index in [1.54, 1.807) is 12.3 Å². The number of rotatable bonds is 4. The van der Waals surface area contributed by atoms with Crippen LogP contribution >= 0.6 is 0 Å². The molecule has 1 aliphatic carbocycles. The first-order valence-corrected chi connectivity index (χ1v) is 8.56. The zero-order chi connectivity index (χ0) is 16.8. The molecule has 24 heavy (non-hydrogen) atoms. The molecule has 1 fully saturated rings. The van der Waals surface area contributed by atoms with Crippen LogP contribution in [-0.2, 0) is 0 Å². The van der Waals surface area contributed by atoms with Crippen molar-refractivity contribution in [1.82, 2.24) is 10.3 Å². The van der Waals surface area contributed by atoms with Crippen molar-refractivity contribution in [3.05, 3.63) is 48.2 Å². The van der Waals surface area contributed by atoms with Crippen molar-refractivity contribution in [2.24, 2.45) is 0 Å². The Balaban J connectivity index is 1.52. The van der Waals surface area contributed by atoms with E-state index in [4.69, 9.17) is 0 Å². The van der Waals surface area contributed by atoms with Crippen LogP contribution < -0.4 is 16.0 Å². The van der Waals surface area contributed by atoms with Crippen molar-refractivity contribution in [3.8, 4) is 0 Å². The smallest absolute Gasteiger partial charge is 0.320 e. The van der Waals surface area contributed by atoms with Crippen LogP contribution in [0.2, 0.25) is 0 Å². The van der Waals surface area contributed by atoms with E-state index in [0.29, 0.717) is 11.9 Å². The van der Waals surface area contributed by atoms with E-state index in [9.17, 15) is 4.79 Å². The van der Waals surface area contributed by atoms with E-state index >= 15 is 0 Å². The van der Waals surface area contributed by atoms with Gasteiger partial charge in [0.25, 0.3) is 0 Å². The lowest BCUT2D eigenvalue weighted by Crippen LogP contribution is -2.39. The molecule has 1 saturated carbocycles. The molecule has 5 nitrogen and oxygen atoms in total. The summed E-state index contributed by atoms with van der Waals surface area (Å²) in [5.74, 6) is 0.553. The van der Waals surface area contributed by atoms with Crippen LogP contribution in [0.5, 0.6) is 0 Å². The van der Waals surface area contributed by atoms with Gasteiger partial charge in [-0.2, -0.15) is 0 Å². The van der Waals surface area contributed by atoms with Gasteiger partial charge in [0.2, 0.25) is 0 Å².